The lowest BCUT2D eigenvalue weighted by Gasteiger charge is -2.15. The molecule has 0 saturated carbocycles. The minimum atomic E-state index is -0.700. The third kappa shape index (κ3) is 3.09. The van der Waals surface area contributed by atoms with Crippen molar-refractivity contribution in [1.29, 1.82) is 0 Å². The predicted molar refractivity (Wildman–Crippen MR) is 85.0 cm³/mol. The summed E-state index contributed by atoms with van der Waals surface area (Å²) in [5, 5.41) is 20.0. The van der Waals surface area contributed by atoms with Crippen molar-refractivity contribution < 1.29 is 19.7 Å². The van der Waals surface area contributed by atoms with Crippen LogP contribution in [0.1, 0.15) is 38.8 Å². The van der Waals surface area contributed by atoms with Gasteiger partial charge in [0.2, 0.25) is 0 Å². The molecule has 0 bridgehead atoms. The van der Waals surface area contributed by atoms with E-state index in [9.17, 15) is 10.2 Å². The van der Waals surface area contributed by atoms with Crippen LogP contribution in [0.3, 0.4) is 0 Å². The predicted octanol–water partition coefficient (Wildman–Crippen LogP) is 2.72. The van der Waals surface area contributed by atoms with Crippen LogP contribution in [-0.4, -0.2) is 30.0 Å². The Morgan fingerprint density at radius 1 is 1.23 bits per heavy atom. The molecular formula is C17H20O4S. The molecule has 2 N–H and O–H groups in total. The highest BCUT2D eigenvalue weighted by molar-refractivity contribution is 7.12. The molecule has 4 nitrogen and oxygen atoms in total. The van der Waals surface area contributed by atoms with Crippen LogP contribution in [-0.2, 0) is 15.9 Å². The summed E-state index contributed by atoms with van der Waals surface area (Å²) in [6.45, 7) is 3.29. The summed E-state index contributed by atoms with van der Waals surface area (Å²) in [5.74, 6) is 0. The molecule has 0 spiro atoms. The first kappa shape index (κ1) is 15.6. The lowest BCUT2D eigenvalue weighted by atomic mass is 9.95. The van der Waals surface area contributed by atoms with Crippen molar-refractivity contribution in [3.8, 4) is 0 Å². The van der Waals surface area contributed by atoms with Crippen molar-refractivity contribution in [1.82, 2.24) is 0 Å². The van der Waals surface area contributed by atoms with Crippen molar-refractivity contribution in [2.24, 2.45) is 0 Å². The first-order valence-corrected chi connectivity index (χ1v) is 8.22. The van der Waals surface area contributed by atoms with E-state index in [0.29, 0.717) is 19.6 Å². The highest BCUT2D eigenvalue weighted by Gasteiger charge is 2.24. The van der Waals surface area contributed by atoms with Crippen molar-refractivity contribution in [2.75, 3.05) is 19.8 Å². The second-order valence-corrected chi connectivity index (χ2v) is 6.60. The molecule has 5 heteroatoms. The van der Waals surface area contributed by atoms with E-state index in [2.05, 4.69) is 0 Å². The molecule has 1 aromatic heterocycles. The number of thiophene rings is 1. The highest BCUT2D eigenvalue weighted by atomic mass is 32.1. The lowest BCUT2D eigenvalue weighted by molar-refractivity contribution is -0.0414. The van der Waals surface area contributed by atoms with Crippen LogP contribution in [0.15, 0.2) is 30.3 Å². The molecule has 118 valence electrons. The molecule has 22 heavy (non-hydrogen) atoms. The molecule has 0 radical (unpaired) electrons. The number of aliphatic hydroxyl groups is 2. The molecule has 1 atom stereocenters. The third-order valence-electron chi connectivity index (χ3n) is 3.85. The number of hydrogen-bond acceptors (Lipinski definition) is 5. The van der Waals surface area contributed by atoms with Crippen LogP contribution in [0.25, 0.3) is 0 Å². The van der Waals surface area contributed by atoms with Gasteiger partial charge in [0.25, 0.3) is 0 Å². The highest BCUT2D eigenvalue weighted by Crippen LogP contribution is 2.37. The molecule has 1 aliphatic rings. The quantitative estimate of drug-likeness (QED) is 0.889. The number of ether oxygens (including phenoxy) is 2. The number of hydrogen-bond donors (Lipinski definition) is 2. The van der Waals surface area contributed by atoms with Gasteiger partial charge < -0.3 is 19.7 Å². The molecule has 1 aromatic carbocycles. The summed E-state index contributed by atoms with van der Waals surface area (Å²) < 4.78 is 11.1. The van der Waals surface area contributed by atoms with Gasteiger partial charge in [0.15, 0.2) is 6.29 Å². The second kappa shape index (κ2) is 6.89. The zero-order chi connectivity index (χ0) is 15.5. The van der Waals surface area contributed by atoms with Crippen LogP contribution >= 0.6 is 11.3 Å². The normalized spacial score (nSPS) is 17.0. The Kier molecular flexibility index (Phi) is 4.90. The van der Waals surface area contributed by atoms with Crippen LogP contribution in [0, 0.1) is 6.92 Å². The monoisotopic (exact) mass is 320 g/mol. The van der Waals surface area contributed by atoms with Gasteiger partial charge in [0.1, 0.15) is 6.10 Å². The topological polar surface area (TPSA) is 58.9 Å². The number of benzene rings is 1. The Labute approximate surface area is 133 Å². The Morgan fingerprint density at radius 3 is 2.68 bits per heavy atom. The molecule has 1 fully saturated rings. The zero-order valence-corrected chi connectivity index (χ0v) is 13.3. The fourth-order valence-electron chi connectivity index (χ4n) is 2.75. The molecular weight excluding hydrogens is 300 g/mol. The summed E-state index contributed by atoms with van der Waals surface area (Å²) in [6.07, 6.45) is -0.468. The van der Waals surface area contributed by atoms with Crippen molar-refractivity contribution >= 4 is 11.3 Å². The van der Waals surface area contributed by atoms with Crippen LogP contribution in [0.5, 0.6) is 0 Å². The van der Waals surface area contributed by atoms with Gasteiger partial charge in [0, 0.05) is 11.5 Å². The largest absolute Gasteiger partial charge is 0.396 e. The van der Waals surface area contributed by atoms with E-state index in [0.717, 1.165) is 26.4 Å². The van der Waals surface area contributed by atoms with E-state index in [-0.39, 0.29) is 12.9 Å². The molecule has 1 saturated heterocycles. The number of aliphatic hydroxyl groups excluding tert-OH is 2. The molecule has 2 heterocycles. The van der Waals surface area contributed by atoms with Gasteiger partial charge in [-0.05, 0) is 36.1 Å². The van der Waals surface area contributed by atoms with Gasteiger partial charge in [-0.1, -0.05) is 24.3 Å². The molecule has 0 unspecified atom stereocenters. The van der Waals surface area contributed by atoms with Crippen LogP contribution in [0.4, 0.5) is 0 Å². The second-order valence-electron chi connectivity index (χ2n) is 5.31. The summed E-state index contributed by atoms with van der Waals surface area (Å²) in [4.78, 5) is 2.05. The first-order chi connectivity index (χ1) is 10.7. The molecule has 0 amide bonds. The van der Waals surface area contributed by atoms with E-state index >= 15 is 0 Å². The Bertz CT molecular complexity index is 631. The van der Waals surface area contributed by atoms with Crippen LogP contribution < -0.4 is 0 Å². The maximum absolute atomic E-state index is 10.8. The average Bonchev–Trinajstić information content (AvgIpc) is 3.17. The third-order valence-corrected chi connectivity index (χ3v) is 4.94. The maximum atomic E-state index is 10.8. The van der Waals surface area contributed by atoms with Gasteiger partial charge in [-0.2, -0.15) is 0 Å². The fourth-order valence-corrected chi connectivity index (χ4v) is 3.81. The minimum Gasteiger partial charge on any atom is -0.396 e. The van der Waals surface area contributed by atoms with Crippen molar-refractivity contribution in [3.63, 3.8) is 0 Å². The SMILES string of the molecule is Cc1sc(C2OCCO2)cc1[C@H](O)c1ccccc1CCO. The molecule has 0 aliphatic carbocycles. The minimum absolute atomic E-state index is 0.0708. The van der Waals surface area contributed by atoms with E-state index in [1.807, 2.05) is 37.3 Å². The molecule has 2 aromatic rings. The Balaban J connectivity index is 1.90. The zero-order valence-electron chi connectivity index (χ0n) is 12.5. The summed E-state index contributed by atoms with van der Waals surface area (Å²) >= 11 is 1.59. The fraction of sp³-hybridized carbons (Fsp3) is 0.412. The summed E-state index contributed by atoms with van der Waals surface area (Å²) in [7, 11) is 0. The van der Waals surface area contributed by atoms with Gasteiger partial charge in [-0.25, -0.2) is 0 Å². The maximum Gasteiger partial charge on any atom is 0.193 e. The standard InChI is InChI=1S/C17H20O4S/c1-11-14(10-15(22-11)17-20-8-9-21-17)16(19)13-5-3-2-4-12(13)6-7-18/h2-5,10,16-19H,6-9H2,1H3/t16-/m1/s1. The van der Waals surface area contributed by atoms with Crippen molar-refractivity contribution in [3.05, 3.63) is 56.8 Å². The van der Waals surface area contributed by atoms with Gasteiger partial charge in [-0.15, -0.1) is 11.3 Å². The van der Waals surface area contributed by atoms with Gasteiger partial charge >= 0.3 is 0 Å². The summed E-state index contributed by atoms with van der Waals surface area (Å²) in [6, 6.07) is 9.66. The first-order valence-electron chi connectivity index (χ1n) is 7.41. The van der Waals surface area contributed by atoms with E-state index in [1.165, 1.54) is 0 Å². The summed E-state index contributed by atoms with van der Waals surface area (Å²) in [5.41, 5.74) is 2.69. The van der Waals surface area contributed by atoms with E-state index in [1.54, 1.807) is 11.3 Å². The van der Waals surface area contributed by atoms with E-state index < -0.39 is 6.10 Å². The average molecular weight is 320 g/mol. The Morgan fingerprint density at radius 2 is 1.95 bits per heavy atom. The smallest absolute Gasteiger partial charge is 0.193 e. The molecule has 1 aliphatic heterocycles. The lowest BCUT2D eigenvalue weighted by Crippen LogP contribution is -2.05. The van der Waals surface area contributed by atoms with Crippen LogP contribution in [0.2, 0.25) is 0 Å². The number of rotatable bonds is 5. The van der Waals surface area contributed by atoms with E-state index in [4.69, 9.17) is 9.47 Å². The van der Waals surface area contributed by atoms with Gasteiger partial charge in [-0.3, -0.25) is 0 Å². The van der Waals surface area contributed by atoms with Crippen molar-refractivity contribution in [2.45, 2.75) is 25.7 Å². The molecule has 3 rings (SSSR count). The van der Waals surface area contributed by atoms with Gasteiger partial charge in [0.05, 0.1) is 18.1 Å². The Hall–Kier alpha value is -1.24. The number of aryl methyl sites for hydroxylation is 1.